The van der Waals surface area contributed by atoms with Gasteiger partial charge in [-0.2, -0.15) is 0 Å². The van der Waals surface area contributed by atoms with E-state index in [9.17, 15) is 9.90 Å². The summed E-state index contributed by atoms with van der Waals surface area (Å²) in [5, 5.41) is 11.0. The largest absolute Gasteiger partial charge is 0.489 e. The number of hydrogen-bond acceptors (Lipinski definition) is 7. The molecule has 0 amide bonds. The van der Waals surface area contributed by atoms with Gasteiger partial charge in [0, 0.05) is 60.1 Å². The van der Waals surface area contributed by atoms with Crippen molar-refractivity contribution in [2.24, 2.45) is 0 Å². The smallest absolute Gasteiger partial charge is 0.338 e. The molecule has 4 heterocycles. The Kier molecular flexibility index (Phi) is 4.97. The highest BCUT2D eigenvalue weighted by molar-refractivity contribution is 5.94. The van der Waals surface area contributed by atoms with Gasteiger partial charge in [-0.3, -0.25) is 4.90 Å². The van der Waals surface area contributed by atoms with Crippen LogP contribution in [-0.4, -0.2) is 39.0 Å². The zero-order valence-corrected chi connectivity index (χ0v) is 19.0. The van der Waals surface area contributed by atoms with Gasteiger partial charge in [0.05, 0.1) is 17.4 Å². The van der Waals surface area contributed by atoms with Crippen LogP contribution in [-0.2, 0) is 35.7 Å². The molecule has 3 aromatic rings. The summed E-state index contributed by atoms with van der Waals surface area (Å²) in [7, 11) is 0. The molecule has 0 fully saturated rings. The number of hydrogen-bond donors (Lipinski definition) is 1. The Morgan fingerprint density at radius 3 is 2.88 bits per heavy atom. The minimum absolute atomic E-state index is 0.281. The molecule has 1 N–H and O–H groups in total. The molecule has 34 heavy (non-hydrogen) atoms. The van der Waals surface area contributed by atoms with Crippen molar-refractivity contribution in [3.05, 3.63) is 87.7 Å². The molecule has 1 atom stereocenters. The van der Waals surface area contributed by atoms with E-state index in [2.05, 4.69) is 22.5 Å². The molecule has 7 heteroatoms. The molecule has 0 saturated heterocycles. The van der Waals surface area contributed by atoms with Crippen molar-refractivity contribution in [2.45, 2.75) is 39.2 Å². The topological polar surface area (TPSA) is 84.8 Å². The van der Waals surface area contributed by atoms with Crippen LogP contribution in [0.15, 0.2) is 43.1 Å². The number of carbonyl (C=O) groups is 1. The van der Waals surface area contributed by atoms with Gasteiger partial charge < -0.3 is 14.6 Å². The standard InChI is InChI=1S/C27H25N3O4/c1-15-20(5-6-22-23(15)14-34-27(22)32)25(31)12-30-8-7-24-19(11-30)10-28-26(29-24)17-3-4-21-16(2)33-13-18(21)9-17/h3-6,9-10,25,31H,2,7-8,11-14H2,1H3. The molecule has 3 aliphatic heterocycles. The molecule has 0 bridgehead atoms. The highest BCUT2D eigenvalue weighted by Crippen LogP contribution is 2.32. The Morgan fingerprint density at radius 1 is 1.15 bits per heavy atom. The summed E-state index contributed by atoms with van der Waals surface area (Å²) in [4.78, 5) is 23.5. The minimum Gasteiger partial charge on any atom is -0.489 e. The first-order valence-corrected chi connectivity index (χ1v) is 11.5. The van der Waals surface area contributed by atoms with E-state index < -0.39 is 6.10 Å². The molecular formula is C27H25N3O4. The van der Waals surface area contributed by atoms with Crippen molar-refractivity contribution >= 4 is 11.7 Å². The summed E-state index contributed by atoms with van der Waals surface area (Å²) in [6, 6.07) is 9.73. The number of ether oxygens (including phenoxy) is 2. The van der Waals surface area contributed by atoms with Gasteiger partial charge in [0.1, 0.15) is 19.0 Å². The zero-order chi connectivity index (χ0) is 23.4. The van der Waals surface area contributed by atoms with Crippen LogP contribution in [0.2, 0.25) is 0 Å². The van der Waals surface area contributed by atoms with Gasteiger partial charge in [-0.05, 0) is 30.2 Å². The number of β-amino-alcohol motifs (C(OH)–C–C–N with tert-alkyl or cyclic N) is 1. The van der Waals surface area contributed by atoms with E-state index in [1.54, 1.807) is 6.07 Å². The molecule has 7 nitrogen and oxygen atoms in total. The molecule has 2 aromatic carbocycles. The molecule has 6 rings (SSSR count). The lowest BCUT2D eigenvalue weighted by atomic mass is 9.95. The Bertz CT molecular complexity index is 1350. The molecule has 3 aliphatic rings. The van der Waals surface area contributed by atoms with Gasteiger partial charge in [0.15, 0.2) is 5.82 Å². The van der Waals surface area contributed by atoms with Gasteiger partial charge in [-0.1, -0.05) is 24.8 Å². The van der Waals surface area contributed by atoms with E-state index >= 15 is 0 Å². The number of carbonyl (C=O) groups excluding carboxylic acids is 1. The first-order valence-electron chi connectivity index (χ1n) is 11.5. The molecular weight excluding hydrogens is 430 g/mol. The van der Waals surface area contributed by atoms with Crippen molar-refractivity contribution in [1.29, 1.82) is 0 Å². The monoisotopic (exact) mass is 455 g/mol. The summed E-state index contributed by atoms with van der Waals surface area (Å²) >= 11 is 0. The number of esters is 1. The fourth-order valence-electron chi connectivity index (χ4n) is 5.11. The molecule has 0 spiro atoms. The van der Waals surface area contributed by atoms with Crippen molar-refractivity contribution in [3.63, 3.8) is 0 Å². The van der Waals surface area contributed by atoms with Crippen LogP contribution >= 0.6 is 0 Å². The Balaban J connectivity index is 1.17. The average molecular weight is 456 g/mol. The maximum Gasteiger partial charge on any atom is 0.338 e. The van der Waals surface area contributed by atoms with Crippen LogP contribution in [0, 0.1) is 6.92 Å². The third-order valence-corrected chi connectivity index (χ3v) is 7.08. The van der Waals surface area contributed by atoms with Crippen molar-refractivity contribution in [1.82, 2.24) is 14.9 Å². The number of cyclic esters (lactones) is 1. The highest BCUT2D eigenvalue weighted by Gasteiger charge is 2.27. The number of nitrogens with zero attached hydrogens (tertiary/aromatic N) is 3. The van der Waals surface area contributed by atoms with E-state index in [1.807, 2.05) is 31.3 Å². The number of rotatable bonds is 4. The maximum absolute atomic E-state index is 11.8. The highest BCUT2D eigenvalue weighted by atomic mass is 16.5. The van der Waals surface area contributed by atoms with Crippen LogP contribution in [0.3, 0.4) is 0 Å². The van der Waals surface area contributed by atoms with Gasteiger partial charge in [0.2, 0.25) is 0 Å². The number of fused-ring (bicyclic) bond motifs is 3. The summed E-state index contributed by atoms with van der Waals surface area (Å²) in [5.74, 6) is 1.15. The maximum atomic E-state index is 11.8. The summed E-state index contributed by atoms with van der Waals surface area (Å²) in [5.41, 5.74) is 8.55. The summed E-state index contributed by atoms with van der Waals surface area (Å²) in [6.07, 6.45) is 2.06. The third kappa shape index (κ3) is 3.48. The van der Waals surface area contributed by atoms with Crippen LogP contribution < -0.4 is 0 Å². The second-order valence-corrected chi connectivity index (χ2v) is 9.13. The van der Waals surface area contributed by atoms with Crippen LogP contribution in [0.1, 0.15) is 55.5 Å². The summed E-state index contributed by atoms with van der Waals surface area (Å²) in [6.45, 7) is 8.70. The first-order chi connectivity index (χ1) is 16.5. The van der Waals surface area contributed by atoms with Gasteiger partial charge in [-0.25, -0.2) is 14.8 Å². The van der Waals surface area contributed by atoms with E-state index in [1.165, 1.54) is 0 Å². The normalized spacial score (nSPS) is 17.6. The first kappa shape index (κ1) is 21.0. The molecule has 0 radical (unpaired) electrons. The van der Waals surface area contributed by atoms with Crippen molar-refractivity contribution in [2.75, 3.05) is 13.1 Å². The molecule has 0 saturated carbocycles. The Morgan fingerprint density at radius 2 is 2.00 bits per heavy atom. The SMILES string of the molecule is C=C1OCc2cc(-c3ncc4c(n3)CCN(CC(O)c3ccc5c(c3C)COC5=O)C4)ccc21. The fourth-order valence-corrected chi connectivity index (χ4v) is 5.11. The van der Waals surface area contributed by atoms with Crippen LogP contribution in [0.25, 0.3) is 17.1 Å². The fraction of sp³-hybridized carbons (Fsp3) is 0.296. The lowest BCUT2D eigenvalue weighted by Gasteiger charge is -2.30. The third-order valence-electron chi connectivity index (χ3n) is 7.08. The van der Waals surface area contributed by atoms with E-state index in [0.29, 0.717) is 31.0 Å². The van der Waals surface area contributed by atoms with Gasteiger partial charge >= 0.3 is 5.97 Å². The van der Waals surface area contributed by atoms with Crippen molar-refractivity contribution < 1.29 is 19.4 Å². The number of aliphatic hydroxyl groups excluding tert-OH is 1. The average Bonchev–Trinajstić information content (AvgIpc) is 3.41. The molecule has 172 valence electrons. The zero-order valence-electron chi connectivity index (χ0n) is 19.0. The predicted molar refractivity (Wildman–Crippen MR) is 126 cm³/mol. The van der Waals surface area contributed by atoms with Crippen LogP contribution in [0.5, 0.6) is 0 Å². The Labute approximate surface area is 197 Å². The molecule has 1 unspecified atom stereocenters. The molecule has 1 aromatic heterocycles. The lowest BCUT2D eigenvalue weighted by molar-refractivity contribution is 0.0535. The summed E-state index contributed by atoms with van der Waals surface area (Å²) < 4.78 is 10.7. The van der Waals surface area contributed by atoms with E-state index in [-0.39, 0.29) is 12.6 Å². The number of aromatic nitrogens is 2. The van der Waals surface area contributed by atoms with Gasteiger partial charge in [-0.15, -0.1) is 0 Å². The lowest BCUT2D eigenvalue weighted by Crippen LogP contribution is -2.34. The quantitative estimate of drug-likeness (QED) is 0.600. The van der Waals surface area contributed by atoms with Crippen LogP contribution in [0.4, 0.5) is 0 Å². The molecule has 0 aliphatic carbocycles. The second-order valence-electron chi connectivity index (χ2n) is 9.13. The minimum atomic E-state index is -0.647. The van der Waals surface area contributed by atoms with Crippen molar-refractivity contribution in [3.8, 4) is 11.4 Å². The second kappa shape index (κ2) is 8.04. The van der Waals surface area contributed by atoms with E-state index in [4.69, 9.17) is 14.5 Å². The van der Waals surface area contributed by atoms with E-state index in [0.717, 1.165) is 63.4 Å². The predicted octanol–water partition coefficient (Wildman–Crippen LogP) is 3.72. The number of aliphatic hydroxyl groups is 1. The Hall–Kier alpha value is -3.55. The number of benzene rings is 2. The van der Waals surface area contributed by atoms with Gasteiger partial charge in [0.25, 0.3) is 0 Å².